The van der Waals surface area contributed by atoms with Crippen LogP contribution in [0.1, 0.15) is 30.1 Å². The van der Waals surface area contributed by atoms with Crippen LogP contribution >= 0.6 is 0 Å². The van der Waals surface area contributed by atoms with Crippen LogP contribution in [-0.4, -0.2) is 39.4 Å². The molecule has 6 nitrogen and oxygen atoms in total. The summed E-state index contributed by atoms with van der Waals surface area (Å²) in [5.74, 6) is 2.40. The van der Waals surface area contributed by atoms with Crippen LogP contribution in [0.5, 0.6) is 0 Å². The van der Waals surface area contributed by atoms with Gasteiger partial charge in [0.2, 0.25) is 0 Å². The summed E-state index contributed by atoms with van der Waals surface area (Å²) in [6.07, 6.45) is 6.31. The Morgan fingerprint density at radius 1 is 1.23 bits per heavy atom. The Balaban J connectivity index is 1.21. The van der Waals surface area contributed by atoms with Gasteiger partial charge in [0.25, 0.3) is 0 Å². The van der Waals surface area contributed by atoms with E-state index in [0.29, 0.717) is 11.8 Å². The van der Waals surface area contributed by atoms with Crippen molar-refractivity contribution in [3.63, 3.8) is 0 Å². The largest absolute Gasteiger partial charge is 0.354 e. The van der Waals surface area contributed by atoms with Crippen LogP contribution in [0.15, 0.2) is 24.7 Å². The Morgan fingerprint density at radius 3 is 2.73 bits per heavy atom. The normalized spacial score (nSPS) is 18.5. The molecule has 3 heterocycles. The fourth-order valence-corrected chi connectivity index (χ4v) is 2.95. The molecule has 1 saturated heterocycles. The van der Waals surface area contributed by atoms with Gasteiger partial charge in [-0.15, -0.1) is 5.10 Å². The quantitative estimate of drug-likeness (QED) is 0.871. The second-order valence-electron chi connectivity index (χ2n) is 6.49. The van der Waals surface area contributed by atoms with Crippen molar-refractivity contribution in [2.45, 2.75) is 25.3 Å². The van der Waals surface area contributed by atoms with Gasteiger partial charge in [-0.2, -0.15) is 5.10 Å². The van der Waals surface area contributed by atoms with E-state index in [2.05, 4.69) is 42.1 Å². The Hall–Kier alpha value is -1.95. The van der Waals surface area contributed by atoms with Gasteiger partial charge in [-0.3, -0.25) is 0 Å². The van der Waals surface area contributed by atoms with Crippen LogP contribution in [0.4, 0.5) is 5.82 Å². The second-order valence-corrected chi connectivity index (χ2v) is 6.49. The van der Waals surface area contributed by atoms with E-state index in [-0.39, 0.29) is 0 Å². The summed E-state index contributed by atoms with van der Waals surface area (Å²) < 4.78 is 2.05. The molecule has 0 spiro atoms. The molecule has 1 aliphatic carbocycles. The summed E-state index contributed by atoms with van der Waals surface area (Å²) in [6.45, 7) is 4.05. The summed E-state index contributed by atoms with van der Waals surface area (Å²) in [4.78, 5) is 6.43. The Labute approximate surface area is 130 Å². The predicted molar refractivity (Wildman–Crippen MR) is 84.6 cm³/mol. The van der Waals surface area contributed by atoms with Gasteiger partial charge in [-0.25, -0.2) is 4.98 Å². The molecule has 2 fully saturated rings. The molecule has 2 aromatic rings. The highest BCUT2D eigenvalue weighted by Crippen LogP contribution is 2.38. The van der Waals surface area contributed by atoms with E-state index in [1.54, 1.807) is 0 Å². The van der Waals surface area contributed by atoms with Crippen molar-refractivity contribution in [1.29, 1.82) is 0 Å². The molecule has 4 rings (SSSR count). The first kappa shape index (κ1) is 13.7. The lowest BCUT2D eigenvalue weighted by Crippen LogP contribution is -2.51. The van der Waals surface area contributed by atoms with E-state index < -0.39 is 0 Å². The van der Waals surface area contributed by atoms with E-state index in [1.165, 1.54) is 24.2 Å². The van der Waals surface area contributed by atoms with E-state index >= 15 is 0 Å². The van der Waals surface area contributed by atoms with Gasteiger partial charge in [0.05, 0.1) is 17.7 Å². The fraction of sp³-hybridized carbons (Fsp3) is 0.562. The number of anilines is 1. The van der Waals surface area contributed by atoms with Crippen LogP contribution < -0.4 is 10.2 Å². The van der Waals surface area contributed by atoms with Gasteiger partial charge in [0, 0.05) is 51.3 Å². The van der Waals surface area contributed by atoms with E-state index in [9.17, 15) is 0 Å². The first-order chi connectivity index (χ1) is 10.8. The number of imidazole rings is 1. The zero-order chi connectivity index (χ0) is 14.9. The smallest absolute Gasteiger partial charge is 0.151 e. The number of rotatable bonds is 6. The molecule has 2 aliphatic rings. The minimum atomic E-state index is 0.682. The lowest BCUT2D eigenvalue weighted by molar-refractivity contribution is 0.380. The van der Waals surface area contributed by atoms with Gasteiger partial charge in [-0.05, 0) is 25.0 Å². The van der Waals surface area contributed by atoms with Crippen molar-refractivity contribution in [2.75, 3.05) is 24.5 Å². The third-order valence-electron chi connectivity index (χ3n) is 4.60. The number of hydrogen-bond acceptors (Lipinski definition) is 5. The molecule has 0 bridgehead atoms. The van der Waals surface area contributed by atoms with Crippen LogP contribution in [0, 0.1) is 5.92 Å². The van der Waals surface area contributed by atoms with Gasteiger partial charge in [0.15, 0.2) is 5.82 Å². The molecule has 0 unspecified atom stereocenters. The number of aryl methyl sites for hydroxylation is 1. The minimum absolute atomic E-state index is 0.682. The van der Waals surface area contributed by atoms with E-state index in [1.807, 2.05) is 19.6 Å². The maximum Gasteiger partial charge on any atom is 0.151 e. The van der Waals surface area contributed by atoms with Crippen LogP contribution in [0.3, 0.4) is 0 Å². The third kappa shape index (κ3) is 2.83. The molecule has 0 aromatic carbocycles. The Bertz CT molecular complexity index is 624. The average Bonchev–Trinajstić information content (AvgIpc) is 3.26. The van der Waals surface area contributed by atoms with Crippen LogP contribution in [0.25, 0.3) is 0 Å². The highest BCUT2D eigenvalue weighted by atomic mass is 15.3. The summed E-state index contributed by atoms with van der Waals surface area (Å²) in [5.41, 5.74) is 2.39. The molecule has 0 amide bonds. The second kappa shape index (κ2) is 5.68. The van der Waals surface area contributed by atoms with Crippen molar-refractivity contribution in [3.05, 3.63) is 36.0 Å². The Morgan fingerprint density at radius 2 is 2.09 bits per heavy atom. The van der Waals surface area contributed by atoms with Gasteiger partial charge in [-0.1, -0.05) is 0 Å². The lowest BCUT2D eigenvalue weighted by atomic mass is 10.0. The number of aromatic nitrogens is 4. The fourth-order valence-electron chi connectivity index (χ4n) is 2.95. The molecule has 116 valence electrons. The van der Waals surface area contributed by atoms with Crippen LogP contribution in [-0.2, 0) is 13.6 Å². The molecule has 1 saturated carbocycles. The average molecular weight is 298 g/mol. The number of nitrogens with zero attached hydrogens (tertiary/aromatic N) is 5. The summed E-state index contributed by atoms with van der Waals surface area (Å²) in [7, 11) is 2.03. The minimum Gasteiger partial charge on any atom is -0.354 e. The zero-order valence-electron chi connectivity index (χ0n) is 12.9. The van der Waals surface area contributed by atoms with Crippen molar-refractivity contribution in [3.8, 4) is 0 Å². The summed E-state index contributed by atoms with van der Waals surface area (Å²) >= 11 is 0. The van der Waals surface area contributed by atoms with Crippen molar-refractivity contribution in [1.82, 2.24) is 25.1 Å². The molecule has 6 heteroatoms. The molecule has 1 N–H and O–H groups in total. The summed E-state index contributed by atoms with van der Waals surface area (Å²) in [6, 6.07) is 4.27. The number of hydrogen-bond donors (Lipinski definition) is 1. The van der Waals surface area contributed by atoms with Crippen molar-refractivity contribution in [2.24, 2.45) is 13.0 Å². The third-order valence-corrected chi connectivity index (χ3v) is 4.60. The van der Waals surface area contributed by atoms with E-state index in [4.69, 9.17) is 0 Å². The first-order valence-corrected chi connectivity index (χ1v) is 8.04. The maximum atomic E-state index is 4.37. The van der Waals surface area contributed by atoms with Gasteiger partial charge in [0.1, 0.15) is 0 Å². The standard InChI is InChI=1S/C16H22N6/c1-21-11-18-8-14(21)7-17-6-12-9-22(10-12)16-5-4-15(19-20-16)13-2-3-13/h4-5,8,11-13,17H,2-3,6-7,9-10H2,1H3. The topological polar surface area (TPSA) is 58.9 Å². The van der Waals surface area contributed by atoms with Gasteiger partial charge < -0.3 is 14.8 Å². The number of nitrogens with one attached hydrogen (secondary N) is 1. The maximum absolute atomic E-state index is 4.37. The molecular formula is C16H22N6. The first-order valence-electron chi connectivity index (χ1n) is 8.04. The van der Waals surface area contributed by atoms with E-state index in [0.717, 1.165) is 32.0 Å². The zero-order valence-corrected chi connectivity index (χ0v) is 12.9. The molecule has 0 radical (unpaired) electrons. The molecule has 22 heavy (non-hydrogen) atoms. The Kier molecular flexibility index (Phi) is 3.54. The molecule has 1 aliphatic heterocycles. The summed E-state index contributed by atoms with van der Waals surface area (Å²) in [5, 5.41) is 12.2. The lowest BCUT2D eigenvalue weighted by Gasteiger charge is -2.40. The van der Waals surface area contributed by atoms with Crippen molar-refractivity contribution >= 4 is 5.82 Å². The molecule has 0 atom stereocenters. The van der Waals surface area contributed by atoms with Crippen LogP contribution in [0.2, 0.25) is 0 Å². The predicted octanol–water partition coefficient (Wildman–Crippen LogP) is 1.31. The SMILES string of the molecule is Cn1cncc1CNCC1CN(c2ccc(C3CC3)nn2)C1. The highest BCUT2D eigenvalue weighted by Gasteiger charge is 2.29. The molecule has 2 aromatic heterocycles. The highest BCUT2D eigenvalue weighted by molar-refractivity contribution is 5.41. The van der Waals surface area contributed by atoms with Gasteiger partial charge >= 0.3 is 0 Å². The molecular weight excluding hydrogens is 276 g/mol. The van der Waals surface area contributed by atoms with Crippen molar-refractivity contribution < 1.29 is 0 Å². The monoisotopic (exact) mass is 298 g/mol.